The lowest BCUT2D eigenvalue weighted by atomic mass is 9.76. The summed E-state index contributed by atoms with van der Waals surface area (Å²) in [5, 5.41) is 17.5. The van der Waals surface area contributed by atoms with Gasteiger partial charge in [0, 0.05) is 41.5 Å². The number of hydrogen-bond acceptors (Lipinski definition) is 4. The Balaban J connectivity index is 1.89. The Hall–Kier alpha value is -2.47. The van der Waals surface area contributed by atoms with Crippen LogP contribution in [0.2, 0.25) is 0 Å². The molecule has 1 spiro atoms. The summed E-state index contributed by atoms with van der Waals surface area (Å²) in [5.74, 6) is 1.78. The highest BCUT2D eigenvalue weighted by atomic mass is 32.1. The summed E-state index contributed by atoms with van der Waals surface area (Å²) >= 11 is 5.49. The van der Waals surface area contributed by atoms with Crippen molar-refractivity contribution in [3.8, 4) is 17.2 Å². The molecule has 2 aromatic rings. The fraction of sp³-hybridized carbons (Fsp3) is 0.409. The summed E-state index contributed by atoms with van der Waals surface area (Å²) in [5.41, 5.74) is 2.31. The molecule has 3 N–H and O–H groups in total. The number of thiocarbonyl (C=S) groups is 1. The Kier molecular flexibility index (Phi) is 4.42. The average Bonchev–Trinajstić information content (AvgIpc) is 2.58. The Morgan fingerprint density at radius 1 is 1.21 bits per heavy atom. The number of para-hydroxylation sites is 1. The number of aromatic hydroxyl groups is 1. The number of phenolic OH excluding ortho intramolecular Hbond substituents is 1. The van der Waals surface area contributed by atoms with E-state index in [2.05, 4.69) is 30.5 Å². The summed E-state index contributed by atoms with van der Waals surface area (Å²) in [7, 11) is 1.69. The van der Waals surface area contributed by atoms with Crippen LogP contribution in [0, 0.1) is 6.92 Å². The predicted molar refractivity (Wildman–Crippen MR) is 113 cm³/mol. The van der Waals surface area contributed by atoms with E-state index in [-0.39, 0.29) is 17.2 Å². The number of ether oxygens (including phenoxy) is 2. The third kappa shape index (κ3) is 3.26. The molecule has 2 heterocycles. The van der Waals surface area contributed by atoms with Crippen LogP contribution < -0.4 is 20.1 Å². The van der Waals surface area contributed by atoms with Crippen molar-refractivity contribution in [1.82, 2.24) is 10.6 Å². The average molecular weight is 399 g/mol. The van der Waals surface area contributed by atoms with Crippen molar-refractivity contribution in [2.24, 2.45) is 0 Å². The first kappa shape index (κ1) is 18.9. The SMILES string of the molecule is COc1ccccc1C1CC2(CC(C)(C)NC(=S)N2)Oc2cc(O)cc(C)c21. The molecule has 28 heavy (non-hydrogen) atoms. The second kappa shape index (κ2) is 6.55. The predicted octanol–water partition coefficient (Wildman–Crippen LogP) is 3.97. The number of fused-ring (bicyclic) bond motifs is 1. The van der Waals surface area contributed by atoms with Crippen LogP contribution in [0.4, 0.5) is 0 Å². The minimum atomic E-state index is -0.662. The van der Waals surface area contributed by atoms with Gasteiger partial charge in [-0.1, -0.05) is 18.2 Å². The van der Waals surface area contributed by atoms with Gasteiger partial charge in [-0.25, -0.2) is 0 Å². The van der Waals surface area contributed by atoms with Crippen molar-refractivity contribution in [3.05, 3.63) is 53.1 Å². The maximum Gasteiger partial charge on any atom is 0.185 e. The zero-order valence-electron chi connectivity index (χ0n) is 16.6. The number of benzene rings is 2. The fourth-order valence-electron chi connectivity index (χ4n) is 4.71. The molecule has 2 aromatic carbocycles. The van der Waals surface area contributed by atoms with E-state index in [0.717, 1.165) is 28.9 Å². The molecule has 2 aliphatic heterocycles. The van der Waals surface area contributed by atoms with Gasteiger partial charge in [0.1, 0.15) is 17.2 Å². The Labute approximate surface area is 171 Å². The molecular weight excluding hydrogens is 372 g/mol. The van der Waals surface area contributed by atoms with Crippen LogP contribution in [-0.2, 0) is 0 Å². The molecule has 0 radical (unpaired) electrons. The van der Waals surface area contributed by atoms with E-state index >= 15 is 0 Å². The molecule has 2 unspecified atom stereocenters. The van der Waals surface area contributed by atoms with E-state index in [1.54, 1.807) is 19.2 Å². The van der Waals surface area contributed by atoms with Gasteiger partial charge >= 0.3 is 0 Å². The minimum Gasteiger partial charge on any atom is -0.508 e. The molecule has 6 heteroatoms. The van der Waals surface area contributed by atoms with Crippen molar-refractivity contribution in [2.75, 3.05) is 7.11 Å². The van der Waals surface area contributed by atoms with Crippen LogP contribution >= 0.6 is 12.2 Å². The molecule has 1 saturated heterocycles. The zero-order chi connectivity index (χ0) is 20.1. The second-order valence-corrected chi connectivity index (χ2v) is 8.82. The van der Waals surface area contributed by atoms with Crippen LogP contribution in [0.5, 0.6) is 17.2 Å². The monoisotopic (exact) mass is 398 g/mol. The van der Waals surface area contributed by atoms with Crippen molar-refractivity contribution in [3.63, 3.8) is 0 Å². The highest BCUT2D eigenvalue weighted by Gasteiger charge is 2.49. The van der Waals surface area contributed by atoms with Crippen LogP contribution in [0.25, 0.3) is 0 Å². The Bertz CT molecular complexity index is 943. The van der Waals surface area contributed by atoms with Gasteiger partial charge < -0.3 is 25.2 Å². The minimum absolute atomic E-state index is 0.0460. The summed E-state index contributed by atoms with van der Waals surface area (Å²) in [4.78, 5) is 0. The first-order valence-electron chi connectivity index (χ1n) is 9.48. The zero-order valence-corrected chi connectivity index (χ0v) is 17.4. The van der Waals surface area contributed by atoms with Gasteiger partial charge in [0.05, 0.1) is 7.11 Å². The quantitative estimate of drug-likeness (QED) is 0.666. The van der Waals surface area contributed by atoms with Crippen molar-refractivity contribution >= 4 is 17.3 Å². The summed E-state index contributed by atoms with van der Waals surface area (Å²) in [6.45, 7) is 6.24. The summed E-state index contributed by atoms with van der Waals surface area (Å²) < 4.78 is 12.2. The van der Waals surface area contributed by atoms with E-state index in [0.29, 0.717) is 17.3 Å². The Morgan fingerprint density at radius 2 is 1.96 bits per heavy atom. The number of nitrogens with one attached hydrogen (secondary N) is 2. The van der Waals surface area contributed by atoms with Gasteiger partial charge in [0.2, 0.25) is 0 Å². The standard InChI is InChI=1S/C22H26N2O3S/c1-13-9-14(25)10-18-19(13)16(15-7-5-6-8-17(15)26-4)11-22(27-18)12-21(2,3)23-20(28)24-22/h5-10,16,25H,11-12H2,1-4H3,(H2,23,24,28). The third-order valence-electron chi connectivity index (χ3n) is 5.56. The molecule has 2 atom stereocenters. The summed E-state index contributed by atoms with van der Waals surface area (Å²) in [6, 6.07) is 11.6. The van der Waals surface area contributed by atoms with Gasteiger partial charge in [-0.05, 0) is 50.7 Å². The van der Waals surface area contributed by atoms with Crippen LogP contribution in [-0.4, -0.2) is 28.6 Å². The molecule has 0 aliphatic carbocycles. The van der Waals surface area contributed by atoms with E-state index < -0.39 is 5.72 Å². The highest BCUT2D eigenvalue weighted by molar-refractivity contribution is 7.80. The first-order chi connectivity index (χ1) is 13.2. The molecule has 1 fully saturated rings. The first-order valence-corrected chi connectivity index (χ1v) is 9.88. The van der Waals surface area contributed by atoms with E-state index in [1.165, 1.54) is 0 Å². The lowest BCUT2D eigenvalue weighted by molar-refractivity contribution is -0.0131. The lowest BCUT2D eigenvalue weighted by Gasteiger charge is -2.50. The number of methoxy groups -OCH3 is 1. The van der Waals surface area contributed by atoms with Crippen LogP contribution in [0.15, 0.2) is 36.4 Å². The van der Waals surface area contributed by atoms with Gasteiger partial charge in [-0.2, -0.15) is 0 Å². The molecule has 0 bridgehead atoms. The molecule has 0 amide bonds. The van der Waals surface area contributed by atoms with Gasteiger partial charge in [-0.15, -0.1) is 0 Å². The largest absolute Gasteiger partial charge is 0.508 e. The second-order valence-electron chi connectivity index (χ2n) is 8.41. The van der Waals surface area contributed by atoms with Crippen molar-refractivity contribution in [2.45, 2.75) is 50.8 Å². The molecule has 0 aromatic heterocycles. The van der Waals surface area contributed by atoms with Gasteiger partial charge in [0.15, 0.2) is 10.8 Å². The van der Waals surface area contributed by atoms with Gasteiger partial charge in [-0.3, -0.25) is 0 Å². The normalized spacial score (nSPS) is 25.3. The van der Waals surface area contributed by atoms with E-state index in [9.17, 15) is 5.11 Å². The smallest absolute Gasteiger partial charge is 0.185 e. The maximum absolute atomic E-state index is 10.2. The summed E-state index contributed by atoms with van der Waals surface area (Å²) in [6.07, 6.45) is 1.43. The lowest BCUT2D eigenvalue weighted by Crippen LogP contribution is -2.69. The number of hydrogen-bond donors (Lipinski definition) is 3. The molecule has 0 saturated carbocycles. The molecule has 2 aliphatic rings. The topological polar surface area (TPSA) is 62.8 Å². The fourth-order valence-corrected chi connectivity index (χ4v) is 5.18. The van der Waals surface area contributed by atoms with E-state index in [4.69, 9.17) is 21.7 Å². The van der Waals surface area contributed by atoms with Crippen molar-refractivity contribution in [1.29, 1.82) is 0 Å². The van der Waals surface area contributed by atoms with E-state index in [1.807, 2.05) is 25.1 Å². The molecule has 4 rings (SSSR count). The maximum atomic E-state index is 10.2. The number of rotatable bonds is 2. The molecular formula is C22H26N2O3S. The van der Waals surface area contributed by atoms with Crippen molar-refractivity contribution < 1.29 is 14.6 Å². The molecule has 148 valence electrons. The highest BCUT2D eigenvalue weighted by Crippen LogP contribution is 2.50. The Morgan fingerprint density at radius 3 is 2.68 bits per heavy atom. The molecule has 5 nitrogen and oxygen atoms in total. The third-order valence-corrected chi connectivity index (χ3v) is 5.76. The number of phenols is 1. The van der Waals surface area contributed by atoms with Crippen LogP contribution in [0.3, 0.4) is 0 Å². The van der Waals surface area contributed by atoms with Crippen LogP contribution in [0.1, 0.15) is 49.3 Å². The number of aryl methyl sites for hydroxylation is 1. The van der Waals surface area contributed by atoms with Gasteiger partial charge in [0.25, 0.3) is 0 Å².